The van der Waals surface area contributed by atoms with Crippen LogP contribution in [0.1, 0.15) is 58.5 Å². The summed E-state index contributed by atoms with van der Waals surface area (Å²) in [5.74, 6) is -1.14. The number of benzene rings is 2. The third-order valence-electron chi connectivity index (χ3n) is 6.43. The molecule has 5 rings (SSSR count). The van der Waals surface area contributed by atoms with Gasteiger partial charge in [-0.2, -0.15) is 10.2 Å². The first kappa shape index (κ1) is 24.1. The van der Waals surface area contributed by atoms with E-state index in [0.29, 0.717) is 29.3 Å². The summed E-state index contributed by atoms with van der Waals surface area (Å²) in [5, 5.41) is 23.4. The summed E-state index contributed by atoms with van der Waals surface area (Å²) >= 11 is 0. The summed E-state index contributed by atoms with van der Waals surface area (Å²) in [5.41, 5.74) is 3.79. The van der Waals surface area contributed by atoms with Crippen molar-refractivity contribution in [1.82, 2.24) is 25.0 Å². The van der Waals surface area contributed by atoms with Crippen LogP contribution in [0.25, 0.3) is 0 Å². The lowest BCUT2D eigenvalue weighted by Gasteiger charge is -2.26. The fourth-order valence-electron chi connectivity index (χ4n) is 4.39. The molecule has 2 aromatic heterocycles. The minimum Gasteiger partial charge on any atom is -0.503 e. The smallest absolute Gasteiger partial charge is 0.295 e. The Morgan fingerprint density at radius 2 is 1.73 bits per heavy atom. The van der Waals surface area contributed by atoms with Crippen LogP contribution in [-0.4, -0.2) is 41.8 Å². The van der Waals surface area contributed by atoms with E-state index >= 15 is 0 Å². The fourth-order valence-corrected chi connectivity index (χ4v) is 4.39. The van der Waals surface area contributed by atoms with Gasteiger partial charge in [0.1, 0.15) is 12.7 Å². The van der Waals surface area contributed by atoms with Crippen molar-refractivity contribution >= 4 is 17.5 Å². The van der Waals surface area contributed by atoms with Crippen LogP contribution in [0.15, 0.2) is 84.7 Å². The van der Waals surface area contributed by atoms with Crippen molar-refractivity contribution in [1.29, 1.82) is 0 Å². The van der Waals surface area contributed by atoms with Crippen LogP contribution in [0, 0.1) is 6.92 Å². The number of aliphatic hydroxyl groups excluding tert-OH is 1. The van der Waals surface area contributed by atoms with Crippen molar-refractivity contribution in [2.75, 3.05) is 4.90 Å². The molecule has 0 radical (unpaired) electrons. The van der Waals surface area contributed by atoms with Crippen molar-refractivity contribution in [3.8, 4) is 0 Å². The van der Waals surface area contributed by atoms with Gasteiger partial charge in [0.15, 0.2) is 17.4 Å². The lowest BCUT2D eigenvalue weighted by Crippen LogP contribution is -2.32. The Balaban J connectivity index is 1.56. The van der Waals surface area contributed by atoms with Gasteiger partial charge in [0.05, 0.1) is 23.9 Å². The quantitative estimate of drug-likeness (QED) is 0.380. The zero-order valence-corrected chi connectivity index (χ0v) is 20.7. The Bertz CT molecular complexity index is 1460. The predicted octanol–water partition coefficient (Wildman–Crippen LogP) is 4.33. The van der Waals surface area contributed by atoms with Crippen LogP contribution in [0.4, 0.5) is 5.82 Å². The Morgan fingerprint density at radius 3 is 2.32 bits per heavy atom. The summed E-state index contributed by atoms with van der Waals surface area (Å²) in [6.07, 6.45) is 3.10. The minimum atomic E-state index is -0.873. The van der Waals surface area contributed by atoms with E-state index in [0.717, 1.165) is 11.1 Å². The number of hydrogen-bond donors (Lipinski definition) is 1. The van der Waals surface area contributed by atoms with E-state index in [1.54, 1.807) is 42.2 Å². The van der Waals surface area contributed by atoms with Crippen LogP contribution in [0.3, 0.4) is 0 Å². The maximum absolute atomic E-state index is 13.7. The molecule has 1 aliphatic heterocycles. The topological polar surface area (TPSA) is 114 Å². The summed E-state index contributed by atoms with van der Waals surface area (Å²) in [6, 6.07) is 17.2. The molecule has 0 saturated heterocycles. The van der Waals surface area contributed by atoms with Crippen LogP contribution in [-0.2, 0) is 11.3 Å². The second-order valence-corrected chi connectivity index (χ2v) is 9.31. The first-order valence-corrected chi connectivity index (χ1v) is 12.0. The molecule has 0 aliphatic carbocycles. The first-order chi connectivity index (χ1) is 17.8. The average Bonchev–Trinajstić information content (AvgIpc) is 3.51. The van der Waals surface area contributed by atoms with Gasteiger partial charge < -0.3 is 5.11 Å². The molecule has 1 unspecified atom stereocenters. The highest BCUT2D eigenvalue weighted by molar-refractivity contribution is 6.20. The van der Waals surface area contributed by atoms with E-state index in [1.165, 1.54) is 11.2 Å². The molecule has 1 amide bonds. The van der Waals surface area contributed by atoms with E-state index in [1.807, 2.05) is 36.4 Å². The van der Waals surface area contributed by atoms with Crippen molar-refractivity contribution < 1.29 is 14.7 Å². The van der Waals surface area contributed by atoms with Gasteiger partial charge in [-0.15, -0.1) is 5.10 Å². The summed E-state index contributed by atoms with van der Waals surface area (Å²) < 4.78 is 1.70. The first-order valence-electron chi connectivity index (χ1n) is 12.0. The number of carbonyl (C=O) groups excluding carboxylic acids is 2. The molecule has 37 heavy (non-hydrogen) atoms. The van der Waals surface area contributed by atoms with Gasteiger partial charge in [-0.25, -0.2) is 9.67 Å². The number of aryl methyl sites for hydroxylation is 1. The maximum Gasteiger partial charge on any atom is 0.295 e. The molecule has 186 valence electrons. The normalized spacial score (nSPS) is 15.6. The molecule has 0 spiro atoms. The molecular weight excluding hydrogens is 468 g/mol. The number of carbonyl (C=O) groups is 2. The summed E-state index contributed by atoms with van der Waals surface area (Å²) in [4.78, 5) is 32.3. The molecule has 9 nitrogen and oxygen atoms in total. The molecule has 0 bridgehead atoms. The van der Waals surface area contributed by atoms with E-state index in [4.69, 9.17) is 0 Å². The van der Waals surface area contributed by atoms with Crippen molar-refractivity contribution in [2.45, 2.75) is 39.3 Å². The number of ketones is 1. The molecule has 1 atom stereocenters. The van der Waals surface area contributed by atoms with E-state index in [-0.39, 0.29) is 11.4 Å². The molecule has 4 aromatic rings. The molecule has 2 aromatic carbocycles. The highest BCUT2D eigenvalue weighted by Crippen LogP contribution is 2.41. The highest BCUT2D eigenvalue weighted by Gasteiger charge is 2.45. The minimum absolute atomic E-state index is 0.00805. The second-order valence-electron chi connectivity index (χ2n) is 9.31. The number of anilines is 1. The largest absolute Gasteiger partial charge is 0.503 e. The number of Topliss-reactive ketones (excluding diaryl/α,β-unsaturated/α-hetero) is 1. The zero-order valence-electron chi connectivity index (χ0n) is 20.7. The van der Waals surface area contributed by atoms with Gasteiger partial charge in [-0.3, -0.25) is 14.5 Å². The number of amides is 1. The molecule has 3 heterocycles. The number of aliphatic hydroxyl groups is 1. The van der Waals surface area contributed by atoms with E-state index < -0.39 is 23.5 Å². The Kier molecular flexibility index (Phi) is 6.35. The maximum atomic E-state index is 13.7. The molecule has 1 aliphatic rings. The van der Waals surface area contributed by atoms with E-state index in [9.17, 15) is 14.7 Å². The monoisotopic (exact) mass is 494 g/mol. The third-order valence-corrected chi connectivity index (χ3v) is 6.43. The van der Waals surface area contributed by atoms with Crippen LogP contribution < -0.4 is 4.90 Å². The second kappa shape index (κ2) is 9.77. The van der Waals surface area contributed by atoms with Gasteiger partial charge in [0, 0.05) is 5.56 Å². The highest BCUT2D eigenvalue weighted by atomic mass is 16.3. The van der Waals surface area contributed by atoms with E-state index in [2.05, 4.69) is 34.1 Å². The molecule has 0 fully saturated rings. The van der Waals surface area contributed by atoms with Gasteiger partial charge in [-0.05, 0) is 41.7 Å². The number of aromatic nitrogens is 5. The summed E-state index contributed by atoms with van der Waals surface area (Å²) in [7, 11) is 0. The predicted molar refractivity (Wildman–Crippen MR) is 137 cm³/mol. The SMILES string of the molecule is Cc1ccc(N2C(=O)C(O)=C(C(=O)c3ccc(C(C)C)cc3)C2c2ccc(Cn3cncn3)cc2)nn1. The molecule has 1 N–H and O–H groups in total. The van der Waals surface area contributed by atoms with Crippen LogP contribution >= 0.6 is 0 Å². The standard InChI is InChI=1S/C28H26N6O3/c1-17(2)20-9-11-22(12-10-20)26(35)24-25(21-7-5-19(6-8-21)14-33-16-29-15-30-33)34(28(37)27(24)36)23-13-4-18(3)31-32-23/h4-13,15-17,25,36H,14H2,1-3H3. The third kappa shape index (κ3) is 4.63. The average molecular weight is 495 g/mol. The number of rotatable bonds is 7. The molecular formula is C28H26N6O3. The lowest BCUT2D eigenvalue weighted by atomic mass is 9.91. The van der Waals surface area contributed by atoms with Gasteiger partial charge in [0.2, 0.25) is 0 Å². The summed E-state index contributed by atoms with van der Waals surface area (Å²) in [6.45, 7) is 6.46. The molecule has 0 saturated carbocycles. The van der Waals surface area contributed by atoms with Gasteiger partial charge in [0.25, 0.3) is 5.91 Å². The van der Waals surface area contributed by atoms with Gasteiger partial charge >= 0.3 is 0 Å². The van der Waals surface area contributed by atoms with Crippen LogP contribution in [0.5, 0.6) is 0 Å². The lowest BCUT2D eigenvalue weighted by molar-refractivity contribution is -0.117. The van der Waals surface area contributed by atoms with Crippen molar-refractivity contribution in [2.24, 2.45) is 0 Å². The van der Waals surface area contributed by atoms with Crippen molar-refractivity contribution in [3.63, 3.8) is 0 Å². The Hall–Kier alpha value is -4.66. The van der Waals surface area contributed by atoms with Gasteiger partial charge in [-0.1, -0.05) is 62.4 Å². The zero-order chi connectivity index (χ0) is 26.1. The molecule has 9 heteroatoms. The Labute approximate surface area is 214 Å². The number of nitrogens with zero attached hydrogens (tertiary/aromatic N) is 6. The van der Waals surface area contributed by atoms with Crippen LogP contribution in [0.2, 0.25) is 0 Å². The Morgan fingerprint density at radius 1 is 1.00 bits per heavy atom. The number of hydrogen-bond acceptors (Lipinski definition) is 7. The fraction of sp³-hybridized carbons (Fsp3) is 0.214. The van der Waals surface area contributed by atoms with Crippen molar-refractivity contribution in [3.05, 3.63) is 113 Å².